The summed E-state index contributed by atoms with van der Waals surface area (Å²) in [6, 6.07) is 15.4. The molecule has 2 nitrogen and oxygen atoms in total. The zero-order chi connectivity index (χ0) is 13.7. The van der Waals surface area contributed by atoms with Crippen LogP contribution >= 0.6 is 15.9 Å². The standard InChI is InChI=1S/C17H17BrN2/c18-12-4-6-13(7-5-12)20-9-8-11-10-15(19)14-2-1-3-16(20)17(11)14/h1-7,11,15H,8-10,19H2. The fraction of sp³-hybridized carbons (Fsp3) is 0.294. The maximum absolute atomic E-state index is 6.29. The van der Waals surface area contributed by atoms with Crippen molar-refractivity contribution < 1.29 is 0 Å². The van der Waals surface area contributed by atoms with E-state index in [2.05, 4.69) is 63.3 Å². The molecule has 1 heterocycles. The van der Waals surface area contributed by atoms with E-state index in [0.717, 1.165) is 17.4 Å². The summed E-state index contributed by atoms with van der Waals surface area (Å²) in [5, 5.41) is 0. The molecule has 1 aliphatic carbocycles. The Morgan fingerprint density at radius 3 is 2.70 bits per heavy atom. The number of halogens is 1. The molecule has 3 heteroatoms. The molecule has 4 rings (SSSR count). The Bertz CT molecular complexity index is 651. The average molecular weight is 329 g/mol. The fourth-order valence-corrected chi connectivity index (χ4v) is 3.95. The van der Waals surface area contributed by atoms with Crippen molar-refractivity contribution in [2.24, 2.45) is 5.73 Å². The van der Waals surface area contributed by atoms with Crippen molar-refractivity contribution in [1.29, 1.82) is 0 Å². The third-order valence-electron chi connectivity index (χ3n) is 4.59. The largest absolute Gasteiger partial charge is 0.341 e. The van der Waals surface area contributed by atoms with E-state index in [1.165, 1.54) is 28.9 Å². The minimum absolute atomic E-state index is 0.222. The molecular weight excluding hydrogens is 312 g/mol. The van der Waals surface area contributed by atoms with Gasteiger partial charge in [0.1, 0.15) is 0 Å². The summed E-state index contributed by atoms with van der Waals surface area (Å²) in [6.45, 7) is 1.08. The van der Waals surface area contributed by atoms with Crippen molar-refractivity contribution in [3.05, 3.63) is 58.1 Å². The molecule has 0 saturated carbocycles. The molecule has 2 atom stereocenters. The summed E-state index contributed by atoms with van der Waals surface area (Å²) in [5.74, 6) is 0.655. The van der Waals surface area contributed by atoms with E-state index in [9.17, 15) is 0 Å². The normalized spacial score (nSPS) is 23.8. The minimum atomic E-state index is 0.222. The van der Waals surface area contributed by atoms with Crippen molar-refractivity contribution in [3.8, 4) is 0 Å². The Kier molecular flexibility index (Phi) is 2.86. The van der Waals surface area contributed by atoms with E-state index in [1.807, 2.05) is 0 Å². The van der Waals surface area contributed by atoms with Crippen LogP contribution in [0.2, 0.25) is 0 Å². The zero-order valence-corrected chi connectivity index (χ0v) is 12.8. The van der Waals surface area contributed by atoms with E-state index < -0.39 is 0 Å². The molecule has 0 fully saturated rings. The van der Waals surface area contributed by atoms with E-state index >= 15 is 0 Å². The molecule has 2 aromatic rings. The number of benzene rings is 2. The first-order chi connectivity index (χ1) is 9.74. The van der Waals surface area contributed by atoms with Gasteiger partial charge in [0, 0.05) is 28.4 Å². The highest BCUT2D eigenvalue weighted by molar-refractivity contribution is 9.10. The molecule has 0 bridgehead atoms. The van der Waals surface area contributed by atoms with Crippen LogP contribution < -0.4 is 10.6 Å². The van der Waals surface area contributed by atoms with Crippen LogP contribution in [0.25, 0.3) is 0 Å². The molecule has 1 aliphatic heterocycles. The summed E-state index contributed by atoms with van der Waals surface area (Å²) in [5.41, 5.74) is 11.8. The van der Waals surface area contributed by atoms with Crippen LogP contribution in [-0.2, 0) is 0 Å². The van der Waals surface area contributed by atoms with Gasteiger partial charge in [-0.1, -0.05) is 28.1 Å². The summed E-state index contributed by atoms with van der Waals surface area (Å²) in [4.78, 5) is 2.43. The molecule has 0 saturated heterocycles. The molecular formula is C17H17BrN2. The second-order valence-corrected chi connectivity index (χ2v) is 6.65. The highest BCUT2D eigenvalue weighted by Gasteiger charge is 2.35. The van der Waals surface area contributed by atoms with E-state index in [4.69, 9.17) is 5.73 Å². The van der Waals surface area contributed by atoms with Gasteiger partial charge >= 0.3 is 0 Å². The van der Waals surface area contributed by atoms with Crippen LogP contribution in [-0.4, -0.2) is 6.54 Å². The lowest BCUT2D eigenvalue weighted by Gasteiger charge is -2.34. The highest BCUT2D eigenvalue weighted by Crippen LogP contribution is 2.50. The Balaban J connectivity index is 1.83. The monoisotopic (exact) mass is 328 g/mol. The van der Waals surface area contributed by atoms with E-state index in [1.54, 1.807) is 0 Å². The summed E-state index contributed by atoms with van der Waals surface area (Å²) >= 11 is 3.51. The SMILES string of the molecule is NC1CC2CCN(c3ccc(Br)cc3)c3cccc1c32. The molecule has 0 radical (unpaired) electrons. The van der Waals surface area contributed by atoms with Crippen LogP contribution in [0.4, 0.5) is 11.4 Å². The molecule has 2 N–H and O–H groups in total. The highest BCUT2D eigenvalue weighted by atomic mass is 79.9. The summed E-state index contributed by atoms with van der Waals surface area (Å²) in [7, 11) is 0. The van der Waals surface area contributed by atoms with Gasteiger partial charge in [-0.05, 0) is 60.2 Å². The van der Waals surface area contributed by atoms with Crippen LogP contribution in [0.1, 0.15) is 35.9 Å². The fourth-order valence-electron chi connectivity index (χ4n) is 3.68. The number of anilines is 2. The number of nitrogens with two attached hydrogens (primary N) is 1. The first-order valence-corrected chi connectivity index (χ1v) is 7.95. The first kappa shape index (κ1) is 12.4. The van der Waals surface area contributed by atoms with Gasteiger partial charge in [0.2, 0.25) is 0 Å². The van der Waals surface area contributed by atoms with Crippen molar-refractivity contribution in [3.63, 3.8) is 0 Å². The maximum Gasteiger partial charge on any atom is 0.0449 e. The van der Waals surface area contributed by atoms with Gasteiger partial charge in [-0.25, -0.2) is 0 Å². The molecule has 2 aromatic carbocycles. The molecule has 2 aliphatic rings. The van der Waals surface area contributed by atoms with Crippen LogP contribution in [0.3, 0.4) is 0 Å². The van der Waals surface area contributed by atoms with Crippen molar-refractivity contribution in [1.82, 2.24) is 0 Å². The topological polar surface area (TPSA) is 29.3 Å². The number of nitrogens with zero attached hydrogens (tertiary/aromatic N) is 1. The Morgan fingerprint density at radius 2 is 1.90 bits per heavy atom. The quantitative estimate of drug-likeness (QED) is 0.836. The third kappa shape index (κ3) is 1.80. The maximum atomic E-state index is 6.29. The van der Waals surface area contributed by atoms with Crippen molar-refractivity contribution in [2.45, 2.75) is 24.8 Å². The van der Waals surface area contributed by atoms with E-state index in [-0.39, 0.29) is 6.04 Å². The van der Waals surface area contributed by atoms with Crippen LogP contribution in [0.5, 0.6) is 0 Å². The lowest BCUT2D eigenvalue weighted by atomic mass is 9.91. The zero-order valence-electron chi connectivity index (χ0n) is 11.2. The van der Waals surface area contributed by atoms with Crippen molar-refractivity contribution >= 4 is 27.3 Å². The Hall–Kier alpha value is -1.32. The molecule has 102 valence electrons. The summed E-state index contributed by atoms with van der Waals surface area (Å²) < 4.78 is 1.12. The van der Waals surface area contributed by atoms with Crippen LogP contribution in [0.15, 0.2) is 46.9 Å². The Morgan fingerprint density at radius 1 is 1.10 bits per heavy atom. The number of hydrogen-bond acceptors (Lipinski definition) is 2. The Labute approximate surface area is 127 Å². The molecule has 0 spiro atoms. The predicted molar refractivity (Wildman–Crippen MR) is 86.5 cm³/mol. The van der Waals surface area contributed by atoms with Gasteiger partial charge in [-0.15, -0.1) is 0 Å². The van der Waals surface area contributed by atoms with Gasteiger partial charge in [0.05, 0.1) is 0 Å². The van der Waals surface area contributed by atoms with Gasteiger partial charge in [-0.2, -0.15) is 0 Å². The average Bonchev–Trinajstić information content (AvgIpc) is 2.79. The number of rotatable bonds is 1. The lowest BCUT2D eigenvalue weighted by molar-refractivity contribution is 0.557. The summed E-state index contributed by atoms with van der Waals surface area (Å²) in [6.07, 6.45) is 2.31. The third-order valence-corrected chi connectivity index (χ3v) is 5.12. The lowest BCUT2D eigenvalue weighted by Crippen LogP contribution is -2.25. The minimum Gasteiger partial charge on any atom is -0.341 e. The van der Waals surface area contributed by atoms with E-state index in [0.29, 0.717) is 5.92 Å². The molecule has 20 heavy (non-hydrogen) atoms. The second kappa shape index (κ2) is 4.61. The van der Waals surface area contributed by atoms with Gasteiger partial charge in [-0.3, -0.25) is 0 Å². The van der Waals surface area contributed by atoms with Gasteiger partial charge < -0.3 is 10.6 Å². The van der Waals surface area contributed by atoms with Crippen LogP contribution in [0, 0.1) is 0 Å². The molecule has 0 aromatic heterocycles. The van der Waals surface area contributed by atoms with Crippen molar-refractivity contribution in [2.75, 3.05) is 11.4 Å². The first-order valence-electron chi connectivity index (χ1n) is 7.15. The number of hydrogen-bond donors (Lipinski definition) is 1. The predicted octanol–water partition coefficient (Wildman–Crippen LogP) is 4.48. The smallest absolute Gasteiger partial charge is 0.0449 e. The second-order valence-electron chi connectivity index (χ2n) is 5.74. The molecule has 0 amide bonds. The molecule has 2 unspecified atom stereocenters. The van der Waals surface area contributed by atoms with Gasteiger partial charge in [0.25, 0.3) is 0 Å². The van der Waals surface area contributed by atoms with Gasteiger partial charge in [0.15, 0.2) is 0 Å².